The second-order valence-electron chi connectivity index (χ2n) is 3.45. The van der Waals surface area contributed by atoms with Crippen molar-refractivity contribution in [2.24, 2.45) is 0 Å². The Morgan fingerprint density at radius 2 is 2.00 bits per heavy atom. The monoisotopic (exact) mass is 280 g/mol. The van der Waals surface area contributed by atoms with Crippen LogP contribution in [0.3, 0.4) is 0 Å². The molecule has 0 spiro atoms. The van der Waals surface area contributed by atoms with Gasteiger partial charge in [0.15, 0.2) is 0 Å². The average molecular weight is 281 g/mol. The number of carboxylic acids is 1. The summed E-state index contributed by atoms with van der Waals surface area (Å²) in [5, 5.41) is 9.47. The highest BCUT2D eigenvalue weighted by molar-refractivity contribution is 6.30. The number of benzene rings is 1. The summed E-state index contributed by atoms with van der Waals surface area (Å²) in [5.41, 5.74) is -0.0436. The van der Waals surface area contributed by atoms with Gasteiger partial charge in [0.05, 0.1) is 24.5 Å². The van der Waals surface area contributed by atoms with Crippen LogP contribution in [-0.4, -0.2) is 28.2 Å². The first-order chi connectivity index (χ1) is 9.10. The first kappa shape index (κ1) is 13.1. The van der Waals surface area contributed by atoms with Crippen molar-refractivity contribution in [1.29, 1.82) is 0 Å². The van der Waals surface area contributed by atoms with E-state index in [1.165, 1.54) is 31.6 Å². The molecule has 98 valence electrons. The van der Waals surface area contributed by atoms with Gasteiger partial charge < -0.3 is 14.6 Å². The highest BCUT2D eigenvalue weighted by atomic mass is 35.5. The van der Waals surface area contributed by atoms with E-state index in [9.17, 15) is 4.79 Å². The summed E-state index contributed by atoms with van der Waals surface area (Å²) in [7, 11) is 1.45. The van der Waals surface area contributed by atoms with Gasteiger partial charge in [0.1, 0.15) is 17.1 Å². The van der Waals surface area contributed by atoms with Gasteiger partial charge in [-0.2, -0.15) is 0 Å². The number of halogens is 1. The maximum absolute atomic E-state index is 11.1. The Hall–Kier alpha value is -2.34. The number of carbonyl (C=O) groups is 1. The zero-order valence-corrected chi connectivity index (χ0v) is 10.6. The molecule has 1 heterocycles. The Kier molecular flexibility index (Phi) is 3.82. The van der Waals surface area contributed by atoms with E-state index in [1.807, 2.05) is 0 Å². The van der Waals surface area contributed by atoms with Gasteiger partial charge in [0.2, 0.25) is 0 Å². The molecule has 0 bridgehead atoms. The summed E-state index contributed by atoms with van der Waals surface area (Å²) in [6.07, 6.45) is 2.71. The summed E-state index contributed by atoms with van der Waals surface area (Å²) in [5.74, 6) is -0.597. The van der Waals surface area contributed by atoms with Crippen molar-refractivity contribution in [2.75, 3.05) is 7.11 Å². The van der Waals surface area contributed by atoms with Crippen LogP contribution in [0.5, 0.6) is 17.5 Å². The predicted octanol–water partition coefficient (Wildman–Crippen LogP) is 2.63. The highest BCUT2D eigenvalue weighted by Gasteiger charge is 2.14. The van der Waals surface area contributed by atoms with Crippen molar-refractivity contribution in [2.45, 2.75) is 0 Å². The number of methoxy groups -OCH3 is 1. The van der Waals surface area contributed by atoms with Gasteiger partial charge in [-0.1, -0.05) is 11.6 Å². The van der Waals surface area contributed by atoms with E-state index in [4.69, 9.17) is 26.2 Å². The van der Waals surface area contributed by atoms with E-state index in [1.54, 1.807) is 6.07 Å². The smallest absolute Gasteiger partial charge is 0.339 e. The van der Waals surface area contributed by atoms with Crippen molar-refractivity contribution in [3.63, 3.8) is 0 Å². The molecule has 0 saturated heterocycles. The fourth-order valence-corrected chi connectivity index (χ4v) is 1.44. The third kappa shape index (κ3) is 3.11. The molecule has 0 amide bonds. The van der Waals surface area contributed by atoms with E-state index < -0.39 is 5.97 Å². The molecule has 2 aromatic rings. The lowest BCUT2D eigenvalue weighted by Crippen LogP contribution is -2.02. The molecule has 1 aromatic carbocycles. The lowest BCUT2D eigenvalue weighted by atomic mass is 10.2. The fraction of sp³-hybridized carbons (Fsp3) is 0.0833. The molecule has 0 atom stereocenters. The van der Waals surface area contributed by atoms with Crippen molar-refractivity contribution in [3.8, 4) is 17.5 Å². The van der Waals surface area contributed by atoms with Crippen molar-refractivity contribution < 1.29 is 19.4 Å². The number of rotatable bonds is 4. The minimum atomic E-state index is -1.14. The second-order valence-corrected chi connectivity index (χ2v) is 3.89. The SMILES string of the molecule is COc1ccc(Oc2ncc(Cl)cn2)c(C(=O)O)c1. The number of ether oxygens (including phenoxy) is 2. The van der Waals surface area contributed by atoms with Crippen molar-refractivity contribution >= 4 is 17.6 Å². The van der Waals surface area contributed by atoms with E-state index in [-0.39, 0.29) is 17.3 Å². The summed E-state index contributed by atoms with van der Waals surface area (Å²) >= 11 is 5.64. The lowest BCUT2D eigenvalue weighted by Gasteiger charge is -2.08. The van der Waals surface area contributed by atoms with Crippen molar-refractivity contribution in [3.05, 3.63) is 41.2 Å². The van der Waals surface area contributed by atoms with Crippen LogP contribution in [0, 0.1) is 0 Å². The molecular weight excluding hydrogens is 272 g/mol. The van der Waals surface area contributed by atoms with Gasteiger partial charge in [-0.3, -0.25) is 0 Å². The Bertz CT molecular complexity index is 601. The number of nitrogens with zero attached hydrogens (tertiary/aromatic N) is 2. The Morgan fingerprint density at radius 1 is 1.32 bits per heavy atom. The maximum Gasteiger partial charge on any atom is 0.339 e. The molecule has 1 aromatic heterocycles. The molecule has 0 radical (unpaired) electrons. The normalized spacial score (nSPS) is 10.0. The molecule has 0 aliphatic heterocycles. The number of aromatic nitrogens is 2. The number of hydrogen-bond donors (Lipinski definition) is 1. The van der Waals surface area contributed by atoms with E-state index in [2.05, 4.69) is 9.97 Å². The third-order valence-electron chi connectivity index (χ3n) is 2.22. The van der Waals surface area contributed by atoms with Crippen LogP contribution in [-0.2, 0) is 0 Å². The standard InChI is InChI=1S/C12H9ClN2O4/c1-18-8-2-3-10(9(4-8)11(16)17)19-12-14-5-7(13)6-15-12/h2-6H,1H3,(H,16,17). The topological polar surface area (TPSA) is 81.5 Å². The third-order valence-corrected chi connectivity index (χ3v) is 2.41. The molecule has 0 fully saturated rings. The van der Waals surface area contributed by atoms with Gasteiger partial charge in [0.25, 0.3) is 0 Å². The first-order valence-electron chi connectivity index (χ1n) is 5.17. The first-order valence-corrected chi connectivity index (χ1v) is 5.54. The van der Waals surface area contributed by atoms with Crippen LogP contribution in [0.15, 0.2) is 30.6 Å². The van der Waals surface area contributed by atoms with Crippen LogP contribution < -0.4 is 9.47 Å². The van der Waals surface area contributed by atoms with E-state index >= 15 is 0 Å². The van der Waals surface area contributed by atoms with Crippen LogP contribution >= 0.6 is 11.6 Å². The van der Waals surface area contributed by atoms with Gasteiger partial charge >= 0.3 is 12.0 Å². The number of carboxylic acid groups (broad SMARTS) is 1. The van der Waals surface area contributed by atoms with Gasteiger partial charge in [-0.05, 0) is 18.2 Å². The predicted molar refractivity (Wildman–Crippen MR) is 67.1 cm³/mol. The molecular formula is C12H9ClN2O4. The fourth-order valence-electron chi connectivity index (χ4n) is 1.34. The minimum Gasteiger partial charge on any atom is -0.497 e. The molecule has 6 nitrogen and oxygen atoms in total. The van der Waals surface area contributed by atoms with Gasteiger partial charge in [-0.25, -0.2) is 14.8 Å². The Morgan fingerprint density at radius 3 is 2.58 bits per heavy atom. The summed E-state index contributed by atoms with van der Waals surface area (Å²) < 4.78 is 10.3. The zero-order valence-electron chi connectivity index (χ0n) is 9.83. The molecule has 1 N–H and O–H groups in total. The number of aromatic carboxylic acids is 1. The van der Waals surface area contributed by atoms with Crippen LogP contribution in [0.1, 0.15) is 10.4 Å². The molecule has 19 heavy (non-hydrogen) atoms. The van der Waals surface area contributed by atoms with Gasteiger partial charge in [-0.15, -0.1) is 0 Å². The van der Waals surface area contributed by atoms with Crippen LogP contribution in [0.4, 0.5) is 0 Å². The molecule has 0 aliphatic carbocycles. The molecule has 0 saturated carbocycles. The highest BCUT2D eigenvalue weighted by Crippen LogP contribution is 2.27. The van der Waals surface area contributed by atoms with Crippen molar-refractivity contribution in [1.82, 2.24) is 9.97 Å². The lowest BCUT2D eigenvalue weighted by molar-refractivity contribution is 0.0693. The van der Waals surface area contributed by atoms with Crippen LogP contribution in [0.2, 0.25) is 5.02 Å². The second kappa shape index (κ2) is 5.53. The van der Waals surface area contributed by atoms with E-state index in [0.29, 0.717) is 10.8 Å². The Labute approximate surface area is 113 Å². The summed E-state index contributed by atoms with van der Waals surface area (Å²) in [4.78, 5) is 18.8. The van der Waals surface area contributed by atoms with E-state index in [0.717, 1.165) is 0 Å². The molecule has 2 rings (SSSR count). The maximum atomic E-state index is 11.1. The zero-order chi connectivity index (χ0) is 13.8. The largest absolute Gasteiger partial charge is 0.497 e. The average Bonchev–Trinajstić information content (AvgIpc) is 2.41. The molecule has 7 heteroatoms. The molecule has 0 unspecified atom stereocenters. The van der Waals surface area contributed by atoms with Crippen LogP contribution in [0.25, 0.3) is 0 Å². The minimum absolute atomic E-state index is 0.0112. The van der Waals surface area contributed by atoms with Gasteiger partial charge in [0, 0.05) is 0 Å². The summed E-state index contributed by atoms with van der Waals surface area (Å²) in [6, 6.07) is 4.42. The Balaban J connectivity index is 2.33. The molecule has 0 aliphatic rings. The summed E-state index contributed by atoms with van der Waals surface area (Å²) in [6.45, 7) is 0. The quantitative estimate of drug-likeness (QED) is 0.927. The number of hydrogen-bond acceptors (Lipinski definition) is 5.